The Balaban J connectivity index is 2.23. The fraction of sp³-hybridized carbons (Fsp3) is 0.800. The number of nitrogens with zero attached hydrogens (tertiary/aromatic N) is 3. The molecule has 1 aliphatic rings. The van der Waals surface area contributed by atoms with Crippen molar-refractivity contribution < 1.29 is 0 Å². The van der Waals surface area contributed by atoms with Crippen LogP contribution in [0.3, 0.4) is 0 Å². The summed E-state index contributed by atoms with van der Waals surface area (Å²) in [4.78, 5) is 2.23. The fourth-order valence-corrected chi connectivity index (χ4v) is 2.20. The Morgan fingerprint density at radius 1 is 1.67 bits per heavy atom. The van der Waals surface area contributed by atoms with Crippen molar-refractivity contribution >= 4 is 18.2 Å². The van der Waals surface area contributed by atoms with Gasteiger partial charge in [0.2, 0.25) is 5.95 Å². The maximum absolute atomic E-state index is 5.18. The minimum absolute atomic E-state index is 0.556. The van der Waals surface area contributed by atoms with Crippen molar-refractivity contribution in [3.05, 3.63) is 4.77 Å². The van der Waals surface area contributed by atoms with E-state index in [0.717, 1.165) is 18.4 Å². The van der Waals surface area contributed by atoms with Crippen LogP contribution in [0, 0.1) is 10.7 Å². The van der Waals surface area contributed by atoms with Crippen molar-refractivity contribution in [1.82, 2.24) is 14.8 Å². The van der Waals surface area contributed by atoms with E-state index in [-0.39, 0.29) is 0 Å². The molecule has 0 amide bonds. The van der Waals surface area contributed by atoms with Crippen LogP contribution in [0.25, 0.3) is 0 Å². The standard InChI is InChI=1S/C10H18N4S/c1-4-14-9(11-12-10(14)15)13(3)7(2)8-5-6-8/h7-8H,4-6H2,1-3H3,(H,12,15). The van der Waals surface area contributed by atoms with Gasteiger partial charge in [-0.1, -0.05) is 0 Å². The van der Waals surface area contributed by atoms with Crippen LogP contribution >= 0.6 is 12.2 Å². The normalized spacial score (nSPS) is 17.8. The quantitative estimate of drug-likeness (QED) is 0.800. The molecule has 0 aliphatic heterocycles. The highest BCUT2D eigenvalue weighted by molar-refractivity contribution is 7.71. The number of hydrogen-bond donors (Lipinski definition) is 1. The van der Waals surface area contributed by atoms with E-state index in [1.54, 1.807) is 0 Å². The summed E-state index contributed by atoms with van der Waals surface area (Å²) in [5.41, 5.74) is 0. The molecule has 1 atom stereocenters. The van der Waals surface area contributed by atoms with E-state index in [1.165, 1.54) is 12.8 Å². The number of aromatic nitrogens is 3. The van der Waals surface area contributed by atoms with Crippen LogP contribution in [0.15, 0.2) is 0 Å². The first-order valence-electron chi connectivity index (χ1n) is 5.53. The second-order valence-electron chi connectivity index (χ2n) is 4.26. The van der Waals surface area contributed by atoms with E-state index >= 15 is 0 Å². The smallest absolute Gasteiger partial charge is 0.225 e. The van der Waals surface area contributed by atoms with Gasteiger partial charge in [0.05, 0.1) is 0 Å². The molecular weight excluding hydrogens is 208 g/mol. The molecular formula is C10H18N4S. The summed E-state index contributed by atoms with van der Waals surface area (Å²) < 4.78 is 2.75. The number of rotatable bonds is 4. The maximum atomic E-state index is 5.18. The predicted molar refractivity (Wildman–Crippen MR) is 63.7 cm³/mol. The summed E-state index contributed by atoms with van der Waals surface area (Å²) in [6, 6.07) is 0.556. The molecule has 84 valence electrons. The van der Waals surface area contributed by atoms with E-state index in [2.05, 4.69) is 36.0 Å². The van der Waals surface area contributed by atoms with Crippen molar-refractivity contribution in [1.29, 1.82) is 0 Å². The molecule has 1 heterocycles. The zero-order chi connectivity index (χ0) is 11.0. The topological polar surface area (TPSA) is 36.9 Å². The molecule has 1 unspecified atom stereocenters. The molecule has 1 N–H and O–H groups in total. The van der Waals surface area contributed by atoms with Crippen molar-refractivity contribution in [2.45, 2.75) is 39.3 Å². The third-order valence-corrected chi connectivity index (χ3v) is 3.60. The van der Waals surface area contributed by atoms with Crippen LogP contribution in [0.2, 0.25) is 0 Å². The van der Waals surface area contributed by atoms with Gasteiger partial charge in [0.15, 0.2) is 4.77 Å². The largest absolute Gasteiger partial charge is 0.341 e. The van der Waals surface area contributed by atoms with Gasteiger partial charge in [0.1, 0.15) is 0 Å². The van der Waals surface area contributed by atoms with E-state index in [4.69, 9.17) is 12.2 Å². The molecule has 1 saturated carbocycles. The number of H-pyrrole nitrogens is 1. The highest BCUT2D eigenvalue weighted by Gasteiger charge is 2.32. The molecule has 1 aromatic rings. The average molecular weight is 226 g/mol. The summed E-state index contributed by atoms with van der Waals surface area (Å²) in [6.45, 7) is 5.21. The lowest BCUT2D eigenvalue weighted by Gasteiger charge is -2.25. The van der Waals surface area contributed by atoms with Gasteiger partial charge in [-0.3, -0.25) is 4.57 Å². The summed E-state index contributed by atoms with van der Waals surface area (Å²) >= 11 is 5.18. The Kier molecular flexibility index (Phi) is 2.82. The molecule has 1 aliphatic carbocycles. The zero-order valence-electron chi connectivity index (χ0n) is 9.53. The minimum Gasteiger partial charge on any atom is -0.341 e. The molecule has 0 bridgehead atoms. The van der Waals surface area contributed by atoms with Gasteiger partial charge < -0.3 is 4.90 Å². The van der Waals surface area contributed by atoms with Crippen LogP contribution in [0.1, 0.15) is 26.7 Å². The highest BCUT2D eigenvalue weighted by Crippen LogP contribution is 2.35. The van der Waals surface area contributed by atoms with Gasteiger partial charge in [0.25, 0.3) is 0 Å². The molecule has 1 aromatic heterocycles. The highest BCUT2D eigenvalue weighted by atomic mass is 32.1. The summed E-state index contributed by atoms with van der Waals surface area (Å²) in [7, 11) is 2.10. The zero-order valence-corrected chi connectivity index (χ0v) is 10.3. The molecule has 5 heteroatoms. The Morgan fingerprint density at radius 2 is 2.33 bits per heavy atom. The van der Waals surface area contributed by atoms with Gasteiger partial charge in [-0.15, -0.1) is 5.10 Å². The summed E-state index contributed by atoms with van der Waals surface area (Å²) in [6.07, 6.45) is 2.70. The Hall–Kier alpha value is -0.840. The molecule has 1 fully saturated rings. The van der Waals surface area contributed by atoms with Crippen molar-refractivity contribution in [3.8, 4) is 0 Å². The van der Waals surface area contributed by atoms with Crippen LogP contribution in [-0.2, 0) is 6.54 Å². The van der Waals surface area contributed by atoms with Gasteiger partial charge >= 0.3 is 0 Å². The van der Waals surface area contributed by atoms with E-state index in [1.807, 2.05) is 4.57 Å². The monoisotopic (exact) mass is 226 g/mol. The molecule has 4 nitrogen and oxygen atoms in total. The average Bonchev–Trinajstić information content (AvgIpc) is 3.00. The van der Waals surface area contributed by atoms with Gasteiger partial charge in [-0.25, -0.2) is 5.10 Å². The van der Waals surface area contributed by atoms with Crippen molar-refractivity contribution in [2.24, 2.45) is 5.92 Å². The van der Waals surface area contributed by atoms with E-state index in [0.29, 0.717) is 10.8 Å². The third kappa shape index (κ3) is 1.93. The molecule has 0 aromatic carbocycles. The molecule has 2 rings (SSSR count). The Morgan fingerprint density at radius 3 is 2.87 bits per heavy atom. The SMILES string of the molecule is CCn1c(N(C)C(C)C2CC2)n[nH]c1=S. The summed E-state index contributed by atoms with van der Waals surface area (Å²) in [5, 5.41) is 7.15. The van der Waals surface area contributed by atoms with E-state index < -0.39 is 0 Å². The maximum Gasteiger partial charge on any atom is 0.225 e. The third-order valence-electron chi connectivity index (χ3n) is 3.28. The van der Waals surface area contributed by atoms with Gasteiger partial charge in [-0.2, -0.15) is 0 Å². The van der Waals surface area contributed by atoms with Crippen LogP contribution < -0.4 is 4.90 Å². The lowest BCUT2D eigenvalue weighted by Crippen LogP contribution is -2.32. The number of aromatic amines is 1. The second kappa shape index (κ2) is 3.96. The number of nitrogens with one attached hydrogen (secondary N) is 1. The molecule has 0 radical (unpaired) electrons. The lowest BCUT2D eigenvalue weighted by molar-refractivity contribution is 0.581. The van der Waals surface area contributed by atoms with Crippen molar-refractivity contribution in [3.63, 3.8) is 0 Å². The predicted octanol–water partition coefficient (Wildman–Crippen LogP) is 2.20. The van der Waals surface area contributed by atoms with Crippen LogP contribution in [0.4, 0.5) is 5.95 Å². The first-order chi connectivity index (χ1) is 7.15. The molecule has 0 spiro atoms. The number of anilines is 1. The minimum atomic E-state index is 0.556. The first kappa shape index (κ1) is 10.7. The summed E-state index contributed by atoms with van der Waals surface area (Å²) in [5.74, 6) is 1.80. The van der Waals surface area contributed by atoms with Crippen molar-refractivity contribution in [2.75, 3.05) is 11.9 Å². The Labute approximate surface area is 95.3 Å². The van der Waals surface area contributed by atoms with Gasteiger partial charge in [-0.05, 0) is 44.8 Å². The molecule has 0 saturated heterocycles. The number of hydrogen-bond acceptors (Lipinski definition) is 3. The fourth-order valence-electron chi connectivity index (χ4n) is 1.94. The lowest BCUT2D eigenvalue weighted by atomic mass is 10.2. The second-order valence-corrected chi connectivity index (χ2v) is 4.65. The van der Waals surface area contributed by atoms with Crippen LogP contribution in [0.5, 0.6) is 0 Å². The first-order valence-corrected chi connectivity index (χ1v) is 5.94. The van der Waals surface area contributed by atoms with Crippen LogP contribution in [-0.4, -0.2) is 27.9 Å². The van der Waals surface area contributed by atoms with Gasteiger partial charge in [0, 0.05) is 19.6 Å². The Bertz CT molecular complexity index is 390. The molecule has 15 heavy (non-hydrogen) atoms. The van der Waals surface area contributed by atoms with E-state index in [9.17, 15) is 0 Å².